The van der Waals surface area contributed by atoms with Gasteiger partial charge in [-0.1, -0.05) is 13.3 Å². The molecule has 0 aromatic heterocycles. The van der Waals surface area contributed by atoms with Gasteiger partial charge in [-0.05, 0) is 44.1 Å². The number of hydrogen-bond donors (Lipinski definition) is 1. The van der Waals surface area contributed by atoms with Crippen LogP contribution in [0.4, 0.5) is 0 Å². The molecule has 2 aliphatic rings. The van der Waals surface area contributed by atoms with Gasteiger partial charge >= 0.3 is 0 Å². The van der Waals surface area contributed by atoms with Crippen LogP contribution in [0, 0.1) is 11.8 Å². The molecule has 1 aliphatic heterocycles. The smallest absolute Gasteiger partial charge is 0.0196 e. The molecule has 1 aliphatic carbocycles. The van der Waals surface area contributed by atoms with Crippen LogP contribution in [0.5, 0.6) is 0 Å². The second-order valence-corrected chi connectivity index (χ2v) is 5.18. The largest absolute Gasteiger partial charge is 0.326 e. The fourth-order valence-corrected chi connectivity index (χ4v) is 2.62. The minimum Gasteiger partial charge on any atom is -0.326 e. The van der Waals surface area contributed by atoms with E-state index in [1.165, 1.54) is 45.2 Å². The van der Waals surface area contributed by atoms with Crippen molar-refractivity contribution in [3.05, 3.63) is 0 Å². The number of nitrogens with two attached hydrogens (primary N) is 1. The summed E-state index contributed by atoms with van der Waals surface area (Å²) < 4.78 is 0. The Kier molecular flexibility index (Phi) is 3.45. The summed E-state index contributed by atoms with van der Waals surface area (Å²) in [5.74, 6) is 1.80. The molecule has 0 aromatic carbocycles. The summed E-state index contributed by atoms with van der Waals surface area (Å²) in [5, 5.41) is 0. The van der Waals surface area contributed by atoms with Gasteiger partial charge in [0.15, 0.2) is 0 Å². The number of rotatable bonds is 4. The lowest BCUT2D eigenvalue weighted by Crippen LogP contribution is -2.43. The van der Waals surface area contributed by atoms with Gasteiger partial charge < -0.3 is 10.6 Å². The highest BCUT2D eigenvalue weighted by Gasteiger charge is 2.30. The van der Waals surface area contributed by atoms with Crippen LogP contribution >= 0.6 is 0 Å². The van der Waals surface area contributed by atoms with Crippen LogP contribution in [0.15, 0.2) is 0 Å². The normalized spacial score (nSPS) is 31.7. The van der Waals surface area contributed by atoms with Crippen molar-refractivity contribution in [3.8, 4) is 0 Å². The van der Waals surface area contributed by atoms with Gasteiger partial charge in [0.25, 0.3) is 0 Å². The zero-order chi connectivity index (χ0) is 9.97. The van der Waals surface area contributed by atoms with Crippen molar-refractivity contribution in [1.82, 2.24) is 4.90 Å². The SMILES string of the molecule is CCC1CCCN(CC(N)C2CC2)C1. The predicted molar refractivity (Wildman–Crippen MR) is 60.2 cm³/mol. The number of hydrogen-bond acceptors (Lipinski definition) is 2. The Morgan fingerprint density at radius 2 is 2.14 bits per heavy atom. The van der Waals surface area contributed by atoms with Crippen LogP contribution in [-0.4, -0.2) is 30.6 Å². The molecule has 14 heavy (non-hydrogen) atoms. The third-order valence-corrected chi connectivity index (χ3v) is 3.88. The van der Waals surface area contributed by atoms with Gasteiger partial charge in [-0.2, -0.15) is 0 Å². The molecular weight excluding hydrogens is 172 g/mol. The number of likely N-dealkylation sites (tertiary alicyclic amines) is 1. The summed E-state index contributed by atoms with van der Waals surface area (Å²) in [6.07, 6.45) is 6.93. The Bertz CT molecular complexity index is 177. The molecule has 2 atom stereocenters. The fraction of sp³-hybridized carbons (Fsp3) is 1.00. The van der Waals surface area contributed by atoms with Gasteiger partial charge in [-0.25, -0.2) is 0 Å². The first-order chi connectivity index (χ1) is 6.79. The average Bonchev–Trinajstić information content (AvgIpc) is 3.01. The molecule has 2 rings (SSSR count). The van der Waals surface area contributed by atoms with E-state index in [-0.39, 0.29) is 0 Å². The van der Waals surface area contributed by atoms with E-state index in [1.807, 2.05) is 0 Å². The lowest BCUT2D eigenvalue weighted by Gasteiger charge is -2.33. The minimum absolute atomic E-state index is 0.464. The molecule has 2 fully saturated rings. The first-order valence-electron chi connectivity index (χ1n) is 6.27. The Labute approximate surface area is 87.8 Å². The topological polar surface area (TPSA) is 29.3 Å². The molecule has 2 heteroatoms. The lowest BCUT2D eigenvalue weighted by atomic mass is 9.95. The summed E-state index contributed by atoms with van der Waals surface area (Å²) in [5.41, 5.74) is 6.16. The van der Waals surface area contributed by atoms with Gasteiger partial charge in [-0.15, -0.1) is 0 Å². The van der Waals surface area contributed by atoms with Crippen molar-refractivity contribution in [2.45, 2.75) is 45.1 Å². The third kappa shape index (κ3) is 2.71. The highest BCUT2D eigenvalue weighted by atomic mass is 15.1. The molecule has 0 spiro atoms. The molecule has 1 saturated heterocycles. The molecule has 1 saturated carbocycles. The van der Waals surface area contributed by atoms with Crippen molar-refractivity contribution in [2.75, 3.05) is 19.6 Å². The van der Waals surface area contributed by atoms with E-state index in [1.54, 1.807) is 0 Å². The van der Waals surface area contributed by atoms with Crippen LogP contribution in [0.1, 0.15) is 39.0 Å². The standard InChI is InChI=1S/C12H24N2/c1-2-10-4-3-7-14(8-10)9-12(13)11-5-6-11/h10-12H,2-9,13H2,1H3. The Morgan fingerprint density at radius 3 is 2.79 bits per heavy atom. The second kappa shape index (κ2) is 4.63. The van der Waals surface area contributed by atoms with Crippen LogP contribution in [0.2, 0.25) is 0 Å². The van der Waals surface area contributed by atoms with Crippen molar-refractivity contribution in [3.63, 3.8) is 0 Å². The summed E-state index contributed by atoms with van der Waals surface area (Å²) in [6, 6.07) is 0.464. The Morgan fingerprint density at radius 1 is 1.36 bits per heavy atom. The molecule has 0 aromatic rings. The molecule has 0 bridgehead atoms. The van der Waals surface area contributed by atoms with E-state index < -0.39 is 0 Å². The maximum Gasteiger partial charge on any atom is 0.0196 e. The molecule has 2 N–H and O–H groups in total. The van der Waals surface area contributed by atoms with Crippen molar-refractivity contribution >= 4 is 0 Å². The third-order valence-electron chi connectivity index (χ3n) is 3.88. The minimum atomic E-state index is 0.464. The van der Waals surface area contributed by atoms with Crippen molar-refractivity contribution in [1.29, 1.82) is 0 Å². The average molecular weight is 196 g/mol. The van der Waals surface area contributed by atoms with E-state index in [0.29, 0.717) is 6.04 Å². The maximum atomic E-state index is 6.16. The molecule has 1 heterocycles. The summed E-state index contributed by atoms with van der Waals surface area (Å²) in [4.78, 5) is 2.60. The van der Waals surface area contributed by atoms with Gasteiger partial charge in [0, 0.05) is 19.1 Å². The van der Waals surface area contributed by atoms with Gasteiger partial charge in [0.1, 0.15) is 0 Å². The van der Waals surface area contributed by atoms with Gasteiger partial charge in [0.05, 0.1) is 0 Å². The first-order valence-corrected chi connectivity index (χ1v) is 6.27. The predicted octanol–water partition coefficient (Wildman–Crippen LogP) is 1.85. The van der Waals surface area contributed by atoms with Crippen LogP contribution in [0.25, 0.3) is 0 Å². The van der Waals surface area contributed by atoms with Crippen molar-refractivity contribution in [2.24, 2.45) is 17.6 Å². The summed E-state index contributed by atoms with van der Waals surface area (Å²) in [7, 11) is 0. The number of piperidine rings is 1. The second-order valence-electron chi connectivity index (χ2n) is 5.18. The van der Waals surface area contributed by atoms with E-state index in [9.17, 15) is 0 Å². The summed E-state index contributed by atoms with van der Waals surface area (Å²) >= 11 is 0. The van der Waals surface area contributed by atoms with Gasteiger partial charge in [0.2, 0.25) is 0 Å². The van der Waals surface area contributed by atoms with Gasteiger partial charge in [-0.3, -0.25) is 0 Å². The van der Waals surface area contributed by atoms with E-state index in [4.69, 9.17) is 5.73 Å². The molecule has 2 unspecified atom stereocenters. The zero-order valence-electron chi connectivity index (χ0n) is 9.41. The van der Waals surface area contributed by atoms with Crippen molar-refractivity contribution < 1.29 is 0 Å². The fourth-order valence-electron chi connectivity index (χ4n) is 2.62. The van der Waals surface area contributed by atoms with Crippen LogP contribution in [-0.2, 0) is 0 Å². The Balaban J connectivity index is 1.73. The van der Waals surface area contributed by atoms with E-state index in [2.05, 4.69) is 11.8 Å². The highest BCUT2D eigenvalue weighted by Crippen LogP contribution is 2.32. The quantitative estimate of drug-likeness (QED) is 0.743. The zero-order valence-corrected chi connectivity index (χ0v) is 9.41. The molecule has 0 radical (unpaired) electrons. The van der Waals surface area contributed by atoms with E-state index >= 15 is 0 Å². The van der Waals surface area contributed by atoms with Crippen LogP contribution in [0.3, 0.4) is 0 Å². The monoisotopic (exact) mass is 196 g/mol. The summed E-state index contributed by atoms with van der Waals surface area (Å²) in [6.45, 7) is 6.06. The van der Waals surface area contributed by atoms with E-state index in [0.717, 1.165) is 18.4 Å². The molecule has 82 valence electrons. The highest BCUT2D eigenvalue weighted by molar-refractivity contribution is 4.87. The first kappa shape index (κ1) is 10.4. The number of nitrogens with zero attached hydrogens (tertiary/aromatic N) is 1. The molecular formula is C12H24N2. The molecule has 2 nitrogen and oxygen atoms in total. The Hall–Kier alpha value is -0.0800. The van der Waals surface area contributed by atoms with Crippen LogP contribution < -0.4 is 5.73 Å². The maximum absolute atomic E-state index is 6.16. The lowest BCUT2D eigenvalue weighted by molar-refractivity contribution is 0.159. The molecule has 0 amide bonds.